The first-order valence-electron chi connectivity index (χ1n) is 7.06. The molecule has 0 aromatic heterocycles. The van der Waals surface area contributed by atoms with E-state index >= 15 is 0 Å². The van der Waals surface area contributed by atoms with Gasteiger partial charge in [-0.15, -0.1) is 0 Å². The van der Waals surface area contributed by atoms with Gasteiger partial charge in [-0.1, -0.05) is 12.1 Å². The molecule has 3 rings (SSSR count). The van der Waals surface area contributed by atoms with Crippen LogP contribution < -0.4 is 9.04 Å². The van der Waals surface area contributed by atoms with Gasteiger partial charge < -0.3 is 9.47 Å². The van der Waals surface area contributed by atoms with Crippen LogP contribution in [0.3, 0.4) is 0 Å². The van der Waals surface area contributed by atoms with Gasteiger partial charge in [0.1, 0.15) is 29.2 Å². The number of halogens is 1. The van der Waals surface area contributed by atoms with Gasteiger partial charge in [0, 0.05) is 7.05 Å². The lowest BCUT2D eigenvalue weighted by molar-refractivity contribution is 0.263. The second kappa shape index (κ2) is 6.17. The fraction of sp³-hybridized carbons (Fsp3) is 0.250. The number of epoxide rings is 1. The number of anilines is 1. The van der Waals surface area contributed by atoms with E-state index in [9.17, 15) is 12.8 Å². The molecule has 7 heteroatoms. The Morgan fingerprint density at radius 3 is 2.48 bits per heavy atom. The van der Waals surface area contributed by atoms with E-state index in [2.05, 4.69) is 0 Å². The van der Waals surface area contributed by atoms with Crippen LogP contribution in [0.5, 0.6) is 5.75 Å². The Kier molecular flexibility index (Phi) is 4.23. The quantitative estimate of drug-likeness (QED) is 0.760. The smallest absolute Gasteiger partial charge is 0.266 e. The average molecular weight is 337 g/mol. The molecule has 0 aliphatic carbocycles. The average Bonchev–Trinajstić information content (AvgIpc) is 3.37. The van der Waals surface area contributed by atoms with E-state index in [4.69, 9.17) is 9.47 Å². The summed E-state index contributed by atoms with van der Waals surface area (Å²) in [5.74, 6) is -0.148. The lowest BCUT2D eigenvalue weighted by Crippen LogP contribution is -2.27. The number of hydrogen-bond donors (Lipinski definition) is 0. The van der Waals surface area contributed by atoms with Crippen molar-refractivity contribution in [1.82, 2.24) is 0 Å². The number of sulfonamides is 1. The number of nitrogens with zero attached hydrogens (tertiary/aromatic N) is 1. The summed E-state index contributed by atoms with van der Waals surface area (Å²) in [6.45, 7) is 1.18. The number of rotatable bonds is 6. The summed E-state index contributed by atoms with van der Waals surface area (Å²) in [6, 6.07) is 11.9. The lowest BCUT2D eigenvalue weighted by Gasteiger charge is -2.20. The van der Waals surface area contributed by atoms with E-state index in [-0.39, 0.29) is 11.0 Å². The molecule has 1 aliphatic rings. The van der Waals surface area contributed by atoms with E-state index < -0.39 is 15.8 Å². The summed E-state index contributed by atoms with van der Waals surface area (Å²) in [5, 5.41) is 0. The SMILES string of the molecule is CN(c1ccc(OCC2CO2)cc1)S(=O)(=O)c1ccccc1F. The van der Waals surface area contributed by atoms with Gasteiger partial charge in [-0.2, -0.15) is 0 Å². The lowest BCUT2D eigenvalue weighted by atomic mass is 10.3. The molecule has 23 heavy (non-hydrogen) atoms. The summed E-state index contributed by atoms with van der Waals surface area (Å²) in [5.41, 5.74) is 0.420. The van der Waals surface area contributed by atoms with Gasteiger partial charge in [0.15, 0.2) is 0 Å². The third-order valence-electron chi connectivity index (χ3n) is 3.51. The monoisotopic (exact) mass is 337 g/mol. The van der Waals surface area contributed by atoms with Crippen LogP contribution in [0.4, 0.5) is 10.1 Å². The van der Waals surface area contributed by atoms with Crippen LogP contribution in [0.25, 0.3) is 0 Å². The number of hydrogen-bond acceptors (Lipinski definition) is 4. The molecular formula is C16H16FNO4S. The molecule has 0 saturated carbocycles. The van der Waals surface area contributed by atoms with Gasteiger partial charge >= 0.3 is 0 Å². The molecule has 1 heterocycles. The minimum atomic E-state index is -3.95. The van der Waals surface area contributed by atoms with Crippen LogP contribution in [0.1, 0.15) is 0 Å². The van der Waals surface area contributed by atoms with E-state index in [1.165, 1.54) is 25.2 Å². The van der Waals surface area contributed by atoms with Crippen LogP contribution in [0.2, 0.25) is 0 Å². The maximum Gasteiger partial charge on any atom is 0.266 e. The van der Waals surface area contributed by atoms with Crippen LogP contribution in [0, 0.1) is 5.82 Å². The van der Waals surface area contributed by atoms with Crippen LogP contribution in [-0.2, 0) is 14.8 Å². The normalized spacial score (nSPS) is 16.9. The molecule has 0 N–H and O–H groups in total. The predicted molar refractivity (Wildman–Crippen MR) is 83.7 cm³/mol. The molecule has 122 valence electrons. The largest absolute Gasteiger partial charge is 0.491 e. The first-order valence-corrected chi connectivity index (χ1v) is 8.50. The Hall–Kier alpha value is -2.12. The minimum absolute atomic E-state index is 0.152. The highest BCUT2D eigenvalue weighted by atomic mass is 32.2. The Balaban J connectivity index is 1.78. The topological polar surface area (TPSA) is 59.1 Å². The maximum atomic E-state index is 13.8. The first-order chi connectivity index (χ1) is 11.0. The standard InChI is InChI=1S/C16H16FNO4S/c1-18(23(19,20)16-5-3-2-4-15(16)17)12-6-8-13(9-7-12)21-10-14-11-22-14/h2-9,14H,10-11H2,1H3. The first kappa shape index (κ1) is 15.8. The molecule has 2 aromatic carbocycles. The highest BCUT2D eigenvalue weighted by Crippen LogP contribution is 2.26. The number of benzene rings is 2. The van der Waals surface area contributed by atoms with E-state index in [0.29, 0.717) is 24.7 Å². The Labute approximate surface area is 134 Å². The molecule has 1 saturated heterocycles. The summed E-state index contributed by atoms with van der Waals surface area (Å²) in [6.07, 6.45) is 0.152. The molecule has 1 unspecified atom stereocenters. The van der Waals surface area contributed by atoms with Crippen LogP contribution >= 0.6 is 0 Å². The third kappa shape index (κ3) is 3.46. The van der Waals surface area contributed by atoms with Crippen molar-refractivity contribution >= 4 is 15.7 Å². The van der Waals surface area contributed by atoms with Gasteiger partial charge in [-0.3, -0.25) is 4.31 Å². The van der Waals surface area contributed by atoms with Crippen molar-refractivity contribution in [2.45, 2.75) is 11.0 Å². The van der Waals surface area contributed by atoms with Crippen molar-refractivity contribution in [3.05, 3.63) is 54.3 Å². The molecule has 0 spiro atoms. The summed E-state index contributed by atoms with van der Waals surface area (Å²) in [7, 11) is -2.57. The third-order valence-corrected chi connectivity index (χ3v) is 5.33. The zero-order valence-corrected chi connectivity index (χ0v) is 13.3. The Morgan fingerprint density at radius 2 is 1.87 bits per heavy atom. The molecule has 1 aliphatic heterocycles. The molecule has 1 atom stereocenters. The zero-order valence-electron chi connectivity index (χ0n) is 12.5. The van der Waals surface area contributed by atoms with Gasteiger partial charge in [-0.25, -0.2) is 12.8 Å². The molecule has 1 fully saturated rings. The highest BCUT2D eigenvalue weighted by Gasteiger charge is 2.25. The number of ether oxygens (including phenoxy) is 2. The molecule has 0 radical (unpaired) electrons. The van der Waals surface area contributed by atoms with Crippen molar-refractivity contribution in [3.8, 4) is 5.75 Å². The predicted octanol–water partition coefficient (Wildman–Crippen LogP) is 2.43. The van der Waals surface area contributed by atoms with E-state index in [0.717, 1.165) is 10.4 Å². The Morgan fingerprint density at radius 1 is 1.22 bits per heavy atom. The summed E-state index contributed by atoms with van der Waals surface area (Å²) in [4.78, 5) is -0.353. The van der Waals surface area contributed by atoms with Crippen molar-refractivity contribution in [3.63, 3.8) is 0 Å². The molecular weight excluding hydrogens is 321 g/mol. The molecule has 2 aromatic rings. The van der Waals surface area contributed by atoms with E-state index in [1.807, 2.05) is 0 Å². The molecule has 0 amide bonds. The molecule has 0 bridgehead atoms. The summed E-state index contributed by atoms with van der Waals surface area (Å²) < 4.78 is 50.4. The van der Waals surface area contributed by atoms with Gasteiger partial charge in [-0.05, 0) is 36.4 Å². The van der Waals surface area contributed by atoms with Crippen molar-refractivity contribution < 1.29 is 22.3 Å². The fourth-order valence-corrected chi connectivity index (χ4v) is 3.31. The van der Waals surface area contributed by atoms with Crippen LogP contribution in [0.15, 0.2) is 53.4 Å². The fourth-order valence-electron chi connectivity index (χ4n) is 2.05. The second-order valence-electron chi connectivity index (χ2n) is 5.16. The van der Waals surface area contributed by atoms with Gasteiger partial charge in [0.2, 0.25) is 0 Å². The highest BCUT2D eigenvalue weighted by molar-refractivity contribution is 7.92. The zero-order chi connectivity index (χ0) is 16.4. The summed E-state index contributed by atoms with van der Waals surface area (Å²) >= 11 is 0. The Bertz CT molecular complexity index is 788. The van der Waals surface area contributed by atoms with Crippen molar-refractivity contribution in [2.24, 2.45) is 0 Å². The van der Waals surface area contributed by atoms with Gasteiger partial charge in [0.25, 0.3) is 10.0 Å². The maximum absolute atomic E-state index is 13.8. The van der Waals surface area contributed by atoms with Crippen molar-refractivity contribution in [2.75, 3.05) is 24.6 Å². The minimum Gasteiger partial charge on any atom is -0.491 e. The second-order valence-corrected chi connectivity index (χ2v) is 7.10. The van der Waals surface area contributed by atoms with Crippen molar-refractivity contribution in [1.29, 1.82) is 0 Å². The van der Waals surface area contributed by atoms with Crippen LogP contribution in [-0.4, -0.2) is 34.8 Å². The molecule has 5 nitrogen and oxygen atoms in total. The van der Waals surface area contributed by atoms with Gasteiger partial charge in [0.05, 0.1) is 12.3 Å². The van der Waals surface area contributed by atoms with E-state index in [1.54, 1.807) is 24.3 Å².